The molecule has 0 radical (unpaired) electrons. The minimum atomic E-state index is -0.500. The molecule has 3 aromatic rings. The van der Waals surface area contributed by atoms with Crippen LogP contribution >= 0.6 is 0 Å². The van der Waals surface area contributed by atoms with Crippen molar-refractivity contribution in [1.82, 2.24) is 4.57 Å². The van der Waals surface area contributed by atoms with Crippen molar-refractivity contribution in [3.05, 3.63) is 93.6 Å². The zero-order valence-electron chi connectivity index (χ0n) is 17.8. The van der Waals surface area contributed by atoms with Gasteiger partial charge in [-0.1, -0.05) is 29.3 Å². The molecule has 30 heavy (non-hydrogen) atoms. The summed E-state index contributed by atoms with van der Waals surface area (Å²) >= 11 is 0. The number of aryl methyl sites for hydroxylation is 4. The van der Waals surface area contributed by atoms with Crippen molar-refractivity contribution >= 4 is 11.8 Å². The van der Waals surface area contributed by atoms with E-state index < -0.39 is 5.97 Å². The number of Topliss-reactive ketones (excluding diaryl/α,β-unsaturated/α-hetero) is 1. The summed E-state index contributed by atoms with van der Waals surface area (Å²) in [7, 11) is 0. The number of carbonyl (C=O) groups is 2. The summed E-state index contributed by atoms with van der Waals surface area (Å²) in [6.45, 7) is 8.03. The molecule has 0 saturated carbocycles. The van der Waals surface area contributed by atoms with E-state index in [1.54, 1.807) is 24.3 Å². The van der Waals surface area contributed by atoms with Crippen LogP contribution in [-0.4, -0.2) is 22.9 Å². The highest BCUT2D eigenvalue weighted by molar-refractivity contribution is 6.00. The Kier molecular flexibility index (Phi) is 6.50. The fraction of sp³-hybridized carbons (Fsp3) is 0.280. The molecule has 156 valence electrons. The van der Waals surface area contributed by atoms with Gasteiger partial charge in [0.1, 0.15) is 5.82 Å². The smallest absolute Gasteiger partial charge is 0.338 e. The number of rotatable bonds is 7. The lowest BCUT2D eigenvalue weighted by Gasteiger charge is -2.10. The van der Waals surface area contributed by atoms with Crippen molar-refractivity contribution < 1.29 is 18.7 Å². The molecular weight excluding hydrogens is 381 g/mol. The number of esters is 1. The van der Waals surface area contributed by atoms with E-state index in [-0.39, 0.29) is 18.2 Å². The molecule has 4 nitrogen and oxygen atoms in total. The SMILES string of the molecule is Cc1cc(C)cc(C(=O)OCC(=O)c2cc(C)n(CCc3ccc(F)cc3)c2C)c1. The zero-order chi connectivity index (χ0) is 21.8. The number of halogens is 1. The standard InChI is InChI=1S/C25H26FNO3/c1-16-11-17(2)13-21(12-16)25(29)30-15-24(28)23-14-18(3)27(19(23)4)10-9-20-5-7-22(26)8-6-20/h5-8,11-14H,9-10,15H2,1-4H3. The van der Waals surface area contributed by atoms with E-state index in [0.29, 0.717) is 17.7 Å². The van der Waals surface area contributed by atoms with Crippen molar-refractivity contribution in [3.8, 4) is 0 Å². The second-order valence-electron chi connectivity index (χ2n) is 7.69. The number of ketones is 1. The highest BCUT2D eigenvalue weighted by atomic mass is 19.1. The van der Waals surface area contributed by atoms with Crippen molar-refractivity contribution in [2.45, 2.75) is 40.7 Å². The predicted octanol–water partition coefficient (Wildman–Crippen LogP) is 5.14. The Balaban J connectivity index is 1.65. The lowest BCUT2D eigenvalue weighted by atomic mass is 10.1. The van der Waals surface area contributed by atoms with Crippen molar-refractivity contribution in [2.24, 2.45) is 0 Å². The number of hydrogen-bond donors (Lipinski definition) is 0. The van der Waals surface area contributed by atoms with Gasteiger partial charge in [0.25, 0.3) is 0 Å². The maximum atomic E-state index is 13.1. The average Bonchev–Trinajstić information content (AvgIpc) is 2.98. The van der Waals surface area contributed by atoms with E-state index in [1.165, 1.54) is 12.1 Å². The second-order valence-corrected chi connectivity index (χ2v) is 7.69. The van der Waals surface area contributed by atoms with Crippen LogP contribution in [0.1, 0.15) is 48.8 Å². The first-order valence-corrected chi connectivity index (χ1v) is 9.94. The third kappa shape index (κ3) is 5.03. The average molecular weight is 407 g/mol. The molecule has 2 aromatic carbocycles. The van der Waals surface area contributed by atoms with Gasteiger partial charge in [-0.15, -0.1) is 0 Å². The second kappa shape index (κ2) is 9.08. The van der Waals surface area contributed by atoms with Crippen LogP contribution in [0.4, 0.5) is 4.39 Å². The van der Waals surface area contributed by atoms with Gasteiger partial charge >= 0.3 is 5.97 Å². The summed E-state index contributed by atoms with van der Waals surface area (Å²) in [4.78, 5) is 25.0. The Hall–Kier alpha value is -3.21. The monoisotopic (exact) mass is 407 g/mol. The molecule has 0 bridgehead atoms. The first-order chi connectivity index (χ1) is 14.2. The molecule has 0 spiro atoms. The molecule has 1 aromatic heterocycles. The number of nitrogens with zero attached hydrogens (tertiary/aromatic N) is 1. The van der Waals surface area contributed by atoms with E-state index in [9.17, 15) is 14.0 Å². The quantitative estimate of drug-likeness (QED) is 0.402. The first-order valence-electron chi connectivity index (χ1n) is 9.94. The number of ether oxygens (including phenoxy) is 1. The lowest BCUT2D eigenvalue weighted by molar-refractivity contribution is 0.0474. The normalized spacial score (nSPS) is 10.8. The summed E-state index contributed by atoms with van der Waals surface area (Å²) < 4.78 is 20.4. The van der Waals surface area contributed by atoms with E-state index >= 15 is 0 Å². The topological polar surface area (TPSA) is 48.3 Å². The molecule has 1 heterocycles. The van der Waals surface area contributed by atoms with E-state index in [4.69, 9.17) is 4.74 Å². The largest absolute Gasteiger partial charge is 0.454 e. The van der Waals surface area contributed by atoms with Gasteiger partial charge in [0.2, 0.25) is 5.78 Å². The molecule has 0 N–H and O–H groups in total. The maximum Gasteiger partial charge on any atom is 0.338 e. The predicted molar refractivity (Wildman–Crippen MR) is 115 cm³/mol. The molecular formula is C25H26FNO3. The van der Waals surface area contributed by atoms with Gasteiger partial charge in [0, 0.05) is 23.5 Å². The van der Waals surface area contributed by atoms with Gasteiger partial charge in [0.15, 0.2) is 6.61 Å². The van der Waals surface area contributed by atoms with Gasteiger partial charge in [0.05, 0.1) is 5.56 Å². The Bertz CT molecular complexity index is 1060. The van der Waals surface area contributed by atoms with Crippen molar-refractivity contribution in [1.29, 1.82) is 0 Å². The zero-order valence-corrected chi connectivity index (χ0v) is 17.8. The van der Waals surface area contributed by atoms with Gasteiger partial charge < -0.3 is 9.30 Å². The Labute approximate surface area is 176 Å². The molecule has 0 fully saturated rings. The third-order valence-electron chi connectivity index (χ3n) is 5.20. The summed E-state index contributed by atoms with van der Waals surface area (Å²) in [5.74, 6) is -0.982. The van der Waals surface area contributed by atoms with Crippen molar-refractivity contribution in [2.75, 3.05) is 6.61 Å². The summed E-state index contributed by atoms with van der Waals surface area (Å²) in [6, 6.07) is 13.7. The molecule has 3 rings (SSSR count). The molecule has 5 heteroatoms. The van der Waals surface area contributed by atoms with Crippen LogP contribution in [0.5, 0.6) is 0 Å². The molecule has 0 saturated heterocycles. The fourth-order valence-corrected chi connectivity index (χ4v) is 3.70. The Morgan fingerprint density at radius 3 is 2.20 bits per heavy atom. The lowest BCUT2D eigenvalue weighted by Crippen LogP contribution is -2.15. The number of benzene rings is 2. The highest BCUT2D eigenvalue weighted by Gasteiger charge is 2.18. The van der Waals surface area contributed by atoms with Crippen LogP contribution < -0.4 is 0 Å². The van der Waals surface area contributed by atoms with E-state index in [0.717, 1.165) is 34.5 Å². The highest BCUT2D eigenvalue weighted by Crippen LogP contribution is 2.18. The summed E-state index contributed by atoms with van der Waals surface area (Å²) in [5, 5.41) is 0. The van der Waals surface area contributed by atoms with Gasteiger partial charge in [-0.3, -0.25) is 4.79 Å². The molecule has 0 atom stereocenters. The first kappa shape index (κ1) is 21.5. The summed E-state index contributed by atoms with van der Waals surface area (Å²) in [5.41, 5.74) is 5.76. The number of hydrogen-bond acceptors (Lipinski definition) is 3. The van der Waals surface area contributed by atoms with Gasteiger partial charge in [-0.25, -0.2) is 9.18 Å². The third-order valence-corrected chi connectivity index (χ3v) is 5.20. The van der Waals surface area contributed by atoms with Crippen LogP contribution in [0.3, 0.4) is 0 Å². The van der Waals surface area contributed by atoms with Gasteiger partial charge in [-0.05, 0) is 70.0 Å². The van der Waals surface area contributed by atoms with Crippen LogP contribution in [0, 0.1) is 33.5 Å². The maximum absolute atomic E-state index is 13.1. The molecule has 0 amide bonds. The van der Waals surface area contributed by atoms with Crippen molar-refractivity contribution in [3.63, 3.8) is 0 Å². The molecule has 0 aliphatic carbocycles. The minimum Gasteiger partial charge on any atom is -0.454 e. The molecule has 0 unspecified atom stereocenters. The molecule has 0 aliphatic rings. The number of carbonyl (C=O) groups excluding carboxylic acids is 2. The Morgan fingerprint density at radius 1 is 0.933 bits per heavy atom. The van der Waals surface area contributed by atoms with E-state index in [2.05, 4.69) is 4.57 Å². The molecule has 0 aliphatic heterocycles. The minimum absolute atomic E-state index is 0.228. The van der Waals surface area contributed by atoms with Crippen LogP contribution in [0.25, 0.3) is 0 Å². The fourth-order valence-electron chi connectivity index (χ4n) is 3.70. The van der Waals surface area contributed by atoms with Gasteiger partial charge in [-0.2, -0.15) is 0 Å². The van der Waals surface area contributed by atoms with E-state index in [1.807, 2.05) is 39.8 Å². The number of aromatic nitrogens is 1. The Morgan fingerprint density at radius 2 is 1.57 bits per heavy atom. The van der Waals surface area contributed by atoms with Crippen LogP contribution in [0.2, 0.25) is 0 Å². The van der Waals surface area contributed by atoms with Crippen LogP contribution in [-0.2, 0) is 17.7 Å². The van der Waals surface area contributed by atoms with Crippen LogP contribution in [0.15, 0.2) is 48.5 Å². The summed E-state index contributed by atoms with van der Waals surface area (Å²) in [6.07, 6.45) is 0.728.